The minimum absolute atomic E-state index is 0.0735. The number of anilines is 1. The molecule has 0 radical (unpaired) electrons. The van der Waals surface area contributed by atoms with E-state index in [1.54, 1.807) is 24.3 Å². The summed E-state index contributed by atoms with van der Waals surface area (Å²) in [6, 6.07) is 12.7. The van der Waals surface area contributed by atoms with Crippen LogP contribution < -0.4 is 15.4 Å². The number of nitrogens with one attached hydrogen (secondary N) is 2. The zero-order valence-corrected chi connectivity index (χ0v) is 14.2. The molecule has 2 rings (SSSR count). The Morgan fingerprint density at radius 3 is 2.44 bits per heavy atom. The van der Waals surface area contributed by atoms with Crippen LogP contribution in [0.1, 0.15) is 23.7 Å². The summed E-state index contributed by atoms with van der Waals surface area (Å²) in [5.41, 5.74) is 1.41. The normalized spacial score (nSPS) is 11.6. The molecular weight excluding hydrogens is 323 g/mol. The first kappa shape index (κ1) is 18.7. The van der Waals surface area contributed by atoms with Crippen LogP contribution in [0.15, 0.2) is 48.5 Å². The third-order valence-corrected chi connectivity index (χ3v) is 3.71. The highest BCUT2D eigenvalue weighted by molar-refractivity contribution is 5.94. The van der Waals surface area contributed by atoms with Gasteiger partial charge in [0.2, 0.25) is 0 Å². The summed E-state index contributed by atoms with van der Waals surface area (Å²) in [6.45, 7) is 2.84. The van der Waals surface area contributed by atoms with Crippen LogP contribution >= 0.6 is 0 Å². The highest BCUT2D eigenvalue weighted by Gasteiger charge is 2.10. The molecule has 0 aliphatic carbocycles. The van der Waals surface area contributed by atoms with Crippen molar-refractivity contribution in [2.75, 3.05) is 25.1 Å². The largest absolute Gasteiger partial charge is 0.492 e. The number of amides is 1. The third kappa shape index (κ3) is 6.08. The zero-order valence-electron chi connectivity index (χ0n) is 14.2. The molecule has 0 aliphatic rings. The van der Waals surface area contributed by atoms with Crippen LogP contribution in [-0.4, -0.2) is 36.8 Å². The summed E-state index contributed by atoms with van der Waals surface area (Å²) in [5, 5.41) is 15.1. The predicted octanol–water partition coefficient (Wildman–Crippen LogP) is 2.82. The number of hydrogen-bond donors (Lipinski definition) is 3. The Kier molecular flexibility index (Phi) is 7.22. The van der Waals surface area contributed by atoms with E-state index in [2.05, 4.69) is 10.6 Å². The van der Waals surface area contributed by atoms with Crippen LogP contribution in [0.5, 0.6) is 5.75 Å². The van der Waals surface area contributed by atoms with Crippen LogP contribution in [0.2, 0.25) is 0 Å². The lowest BCUT2D eigenvalue weighted by molar-refractivity contribution is 0.0915. The topological polar surface area (TPSA) is 70.6 Å². The Labute approximate surface area is 146 Å². The first-order valence-corrected chi connectivity index (χ1v) is 8.26. The van der Waals surface area contributed by atoms with Crippen molar-refractivity contribution in [3.05, 3.63) is 59.9 Å². The fourth-order valence-corrected chi connectivity index (χ4v) is 2.18. The molecule has 0 aliphatic heterocycles. The van der Waals surface area contributed by atoms with Gasteiger partial charge in [-0.15, -0.1) is 0 Å². The second-order valence-corrected chi connectivity index (χ2v) is 5.57. The molecule has 2 aromatic rings. The molecule has 134 valence electrons. The minimum atomic E-state index is -0.293. The van der Waals surface area contributed by atoms with Crippen molar-refractivity contribution in [3.8, 4) is 5.75 Å². The lowest BCUT2D eigenvalue weighted by Gasteiger charge is -2.14. The molecule has 1 atom stereocenters. The minimum Gasteiger partial charge on any atom is -0.492 e. The molecule has 0 bridgehead atoms. The van der Waals surface area contributed by atoms with E-state index in [0.717, 1.165) is 5.69 Å². The zero-order chi connectivity index (χ0) is 18.1. The van der Waals surface area contributed by atoms with E-state index in [1.807, 2.05) is 19.1 Å². The molecular formula is C19H23FN2O3. The molecule has 0 saturated carbocycles. The average Bonchev–Trinajstić information content (AvgIpc) is 2.65. The van der Waals surface area contributed by atoms with Crippen LogP contribution in [0.25, 0.3) is 0 Å². The predicted molar refractivity (Wildman–Crippen MR) is 95.5 cm³/mol. The van der Waals surface area contributed by atoms with Gasteiger partial charge in [0.05, 0.1) is 12.6 Å². The van der Waals surface area contributed by atoms with Gasteiger partial charge in [-0.2, -0.15) is 0 Å². The van der Waals surface area contributed by atoms with E-state index in [0.29, 0.717) is 30.9 Å². The molecule has 0 heterocycles. The molecule has 6 heteroatoms. The molecule has 5 nitrogen and oxygen atoms in total. The van der Waals surface area contributed by atoms with Crippen molar-refractivity contribution in [1.82, 2.24) is 5.32 Å². The molecule has 1 amide bonds. The van der Waals surface area contributed by atoms with Crippen LogP contribution in [-0.2, 0) is 0 Å². The SMILES string of the molecule is CCC(CO)NC(=O)c1ccc(NCCOc2ccc(F)cc2)cc1. The summed E-state index contributed by atoms with van der Waals surface area (Å²) in [5.74, 6) is 0.121. The smallest absolute Gasteiger partial charge is 0.251 e. The number of hydrogen-bond acceptors (Lipinski definition) is 4. The number of halogens is 1. The van der Waals surface area contributed by atoms with Gasteiger partial charge in [0, 0.05) is 17.8 Å². The first-order chi connectivity index (χ1) is 12.1. The Morgan fingerprint density at radius 2 is 1.84 bits per heavy atom. The van der Waals surface area contributed by atoms with Gasteiger partial charge in [0.1, 0.15) is 18.2 Å². The maximum absolute atomic E-state index is 12.8. The number of rotatable bonds is 9. The molecule has 0 fully saturated rings. The molecule has 0 saturated heterocycles. The van der Waals surface area contributed by atoms with Crippen molar-refractivity contribution < 1.29 is 19.0 Å². The molecule has 3 N–H and O–H groups in total. The van der Waals surface area contributed by atoms with Crippen molar-refractivity contribution in [2.45, 2.75) is 19.4 Å². The summed E-state index contributed by atoms with van der Waals surface area (Å²) < 4.78 is 18.3. The van der Waals surface area contributed by atoms with Crippen LogP contribution in [0.3, 0.4) is 0 Å². The van der Waals surface area contributed by atoms with E-state index < -0.39 is 0 Å². The lowest BCUT2D eigenvalue weighted by atomic mass is 10.1. The van der Waals surface area contributed by atoms with Gasteiger partial charge in [-0.3, -0.25) is 4.79 Å². The summed E-state index contributed by atoms with van der Waals surface area (Å²) in [7, 11) is 0. The maximum Gasteiger partial charge on any atom is 0.251 e. The fourth-order valence-electron chi connectivity index (χ4n) is 2.18. The quantitative estimate of drug-likeness (QED) is 0.611. The van der Waals surface area contributed by atoms with Crippen molar-refractivity contribution in [3.63, 3.8) is 0 Å². The van der Waals surface area contributed by atoms with Crippen molar-refractivity contribution in [2.24, 2.45) is 0 Å². The molecule has 1 unspecified atom stereocenters. The summed E-state index contributed by atoms with van der Waals surface area (Å²) >= 11 is 0. The lowest BCUT2D eigenvalue weighted by Crippen LogP contribution is -2.36. The Hall–Kier alpha value is -2.60. The van der Waals surface area contributed by atoms with Gasteiger partial charge in [0.15, 0.2) is 0 Å². The maximum atomic E-state index is 12.8. The van der Waals surface area contributed by atoms with E-state index in [-0.39, 0.29) is 24.4 Å². The second kappa shape index (κ2) is 9.64. The highest BCUT2D eigenvalue weighted by Crippen LogP contribution is 2.12. The van der Waals surface area contributed by atoms with Crippen molar-refractivity contribution >= 4 is 11.6 Å². The standard InChI is InChI=1S/C19H23FN2O3/c1-2-16(13-23)22-19(24)14-3-7-17(8-4-14)21-11-12-25-18-9-5-15(20)6-10-18/h3-10,16,21,23H,2,11-13H2,1H3,(H,22,24). The van der Waals surface area contributed by atoms with Crippen LogP contribution in [0, 0.1) is 5.82 Å². The second-order valence-electron chi connectivity index (χ2n) is 5.57. The summed E-state index contributed by atoms with van der Waals surface area (Å²) in [6.07, 6.45) is 0.677. The Balaban J connectivity index is 1.76. The van der Waals surface area contributed by atoms with Gasteiger partial charge in [-0.05, 0) is 55.0 Å². The number of ether oxygens (including phenoxy) is 1. The van der Waals surface area contributed by atoms with Gasteiger partial charge in [-0.25, -0.2) is 4.39 Å². The van der Waals surface area contributed by atoms with Gasteiger partial charge in [-0.1, -0.05) is 6.92 Å². The fraction of sp³-hybridized carbons (Fsp3) is 0.316. The van der Waals surface area contributed by atoms with Gasteiger partial charge < -0.3 is 20.5 Å². The third-order valence-electron chi connectivity index (χ3n) is 3.71. The Bertz CT molecular complexity index is 655. The molecule has 0 spiro atoms. The van der Waals surface area contributed by atoms with E-state index >= 15 is 0 Å². The average molecular weight is 346 g/mol. The summed E-state index contributed by atoms with van der Waals surface area (Å²) in [4.78, 5) is 12.0. The van der Waals surface area contributed by atoms with Crippen LogP contribution in [0.4, 0.5) is 10.1 Å². The molecule has 0 aromatic heterocycles. The number of benzene rings is 2. The van der Waals surface area contributed by atoms with E-state index in [4.69, 9.17) is 9.84 Å². The number of aliphatic hydroxyl groups is 1. The van der Waals surface area contributed by atoms with Crippen molar-refractivity contribution in [1.29, 1.82) is 0 Å². The van der Waals surface area contributed by atoms with Gasteiger partial charge in [0.25, 0.3) is 5.91 Å². The monoisotopic (exact) mass is 346 g/mol. The number of carbonyl (C=O) groups excluding carboxylic acids is 1. The molecule has 25 heavy (non-hydrogen) atoms. The first-order valence-electron chi connectivity index (χ1n) is 8.26. The van der Waals surface area contributed by atoms with E-state index in [9.17, 15) is 9.18 Å². The number of aliphatic hydroxyl groups excluding tert-OH is 1. The Morgan fingerprint density at radius 1 is 1.16 bits per heavy atom. The molecule has 2 aromatic carbocycles. The van der Waals surface area contributed by atoms with Gasteiger partial charge >= 0.3 is 0 Å². The van der Waals surface area contributed by atoms with E-state index in [1.165, 1.54) is 12.1 Å². The number of carbonyl (C=O) groups is 1. The highest BCUT2D eigenvalue weighted by atomic mass is 19.1.